The summed E-state index contributed by atoms with van der Waals surface area (Å²) in [5, 5.41) is 0. The van der Waals surface area contributed by atoms with Crippen molar-refractivity contribution in [1.82, 2.24) is 0 Å². The van der Waals surface area contributed by atoms with E-state index in [9.17, 15) is 4.79 Å². The number of methoxy groups -OCH3 is 1. The summed E-state index contributed by atoms with van der Waals surface area (Å²) < 4.78 is 7.36. The fourth-order valence-electron chi connectivity index (χ4n) is 4.97. The predicted molar refractivity (Wildman–Crippen MR) is 124 cm³/mol. The standard InChI is InChI=1S/C25H23BO2.Ra.Rb.H/c1-15-8-11-20-22(12-9-16(2)26)25(27)23-14-17(28-3)10-13-21(23)24(20)19-7-5-4-6-18(15)19;;;/h4-5,7,9-10,12-14H,8,11,26H2,1-3H3;;;/b16-9+,22-12-;;;. The number of fused-ring (bicyclic) bond motifs is 4. The van der Waals surface area contributed by atoms with Crippen LogP contribution in [0, 0.1) is 42.8 Å². The molecule has 2 nitrogen and oxygen atoms in total. The Morgan fingerprint density at radius 3 is 2.70 bits per heavy atom. The average molecular weight is 679 g/mol. The Kier molecular flexibility index (Phi) is 7.38. The Bertz CT molecular complexity index is 1150. The number of carbonyl (C=O) groups is 1. The fourth-order valence-corrected chi connectivity index (χ4v) is 16.9. The van der Waals surface area contributed by atoms with Gasteiger partial charge in [-0.25, -0.2) is 0 Å². The number of hydrogen-bond donors (Lipinski definition) is 0. The number of ether oxygens (including phenoxy) is 1. The number of rotatable bonds is 2. The SMILES string of the molecule is B/C(C)=C/C=C1\C(=O)c2cc(OC)ccc2C2=C1CC[C](C)([Rb])c1[c]([RaH])cccc12. The van der Waals surface area contributed by atoms with Crippen LogP contribution in [0.2, 0.25) is 0 Å². The van der Waals surface area contributed by atoms with Crippen LogP contribution in [0.1, 0.15) is 53.7 Å². The van der Waals surface area contributed by atoms with Crippen LogP contribution in [-0.4, -0.2) is 76.3 Å². The molecule has 142 valence electrons. The molecular formula is C25H24BO2RaRb. The molecule has 0 aliphatic heterocycles. The second-order valence-corrected chi connectivity index (χ2v) is 19.2. The van der Waals surface area contributed by atoms with Gasteiger partial charge in [0.2, 0.25) is 0 Å². The Morgan fingerprint density at radius 2 is 2.00 bits per heavy atom. The summed E-state index contributed by atoms with van der Waals surface area (Å²) in [5.41, 5.74) is 9.37. The second-order valence-electron chi connectivity index (χ2n) is 9.30. The molecule has 0 bridgehead atoms. The number of Topliss-reactive ketones (excluding diaryl/α,β-unsaturated/α-hetero) is 1. The van der Waals surface area contributed by atoms with E-state index in [1.165, 1.54) is 22.2 Å². The minimum atomic E-state index is 0.123. The first-order valence-electron chi connectivity index (χ1n) is 10.7. The van der Waals surface area contributed by atoms with E-state index in [4.69, 9.17) is 4.74 Å². The third kappa shape index (κ3) is 4.33. The number of ketones is 1. The monoisotopic (exact) mass is 678 g/mol. The van der Waals surface area contributed by atoms with Gasteiger partial charge in [0.1, 0.15) is 0 Å². The molecule has 1 atom stereocenters. The fraction of sp³-hybridized carbons (Fsp3) is 0.240. The molecule has 0 amide bonds. The van der Waals surface area contributed by atoms with Gasteiger partial charge in [0.05, 0.1) is 0 Å². The first-order chi connectivity index (χ1) is 14.2. The van der Waals surface area contributed by atoms with Crippen molar-refractivity contribution in [3.63, 3.8) is 0 Å². The molecule has 0 fully saturated rings. The van der Waals surface area contributed by atoms with Crippen LogP contribution in [0.15, 0.2) is 65.2 Å². The van der Waals surface area contributed by atoms with Crippen LogP contribution in [0.4, 0.5) is 0 Å². The third-order valence-corrected chi connectivity index (χ3v) is 12.3. The van der Waals surface area contributed by atoms with Crippen molar-refractivity contribution >= 4 is 75.3 Å². The first kappa shape index (κ1) is 23.6. The zero-order valence-corrected chi connectivity index (χ0v) is 32.0. The van der Waals surface area contributed by atoms with E-state index in [1.807, 2.05) is 18.2 Å². The molecule has 4 rings (SSSR count). The molecule has 2 aliphatic carbocycles. The van der Waals surface area contributed by atoms with E-state index in [1.54, 1.807) is 13.3 Å². The number of allylic oxidation sites excluding steroid dienone is 5. The van der Waals surface area contributed by atoms with Crippen molar-refractivity contribution in [3.8, 4) is 5.75 Å². The van der Waals surface area contributed by atoms with Gasteiger partial charge in [-0.3, -0.25) is 0 Å². The maximum absolute atomic E-state index is 13.6. The Hall–Kier alpha value is 0.468. The molecule has 1 unspecified atom stereocenters. The van der Waals surface area contributed by atoms with Gasteiger partial charge in [-0.05, 0) is 0 Å². The molecule has 0 radical (unpaired) electrons. The number of hydrogen-bond acceptors (Lipinski definition) is 2. The molecule has 0 saturated carbocycles. The Balaban J connectivity index is 2.11. The van der Waals surface area contributed by atoms with Crippen LogP contribution < -0.4 is 5.34 Å². The van der Waals surface area contributed by atoms with E-state index in [0.717, 1.165) is 35.3 Å². The van der Waals surface area contributed by atoms with Crippen molar-refractivity contribution < 1.29 is 52.3 Å². The van der Waals surface area contributed by atoms with Crippen molar-refractivity contribution in [2.24, 2.45) is 0 Å². The van der Waals surface area contributed by atoms with Crippen molar-refractivity contribution in [3.05, 3.63) is 87.4 Å². The molecule has 0 heterocycles. The molecule has 0 saturated heterocycles. The molecular weight excluding hydrogens is 655 g/mol. The average Bonchev–Trinajstić information content (AvgIpc) is 2.82. The van der Waals surface area contributed by atoms with Gasteiger partial charge in [0, 0.05) is 0 Å². The van der Waals surface area contributed by atoms with Crippen LogP contribution >= 0.6 is 0 Å². The second kappa shape index (κ2) is 9.38. The van der Waals surface area contributed by atoms with Gasteiger partial charge < -0.3 is 0 Å². The predicted octanol–water partition coefficient (Wildman–Crippen LogP) is 3.24. The van der Waals surface area contributed by atoms with Gasteiger partial charge in [-0.1, -0.05) is 0 Å². The molecule has 0 aromatic heterocycles. The van der Waals surface area contributed by atoms with E-state index < -0.39 is 0 Å². The van der Waals surface area contributed by atoms with E-state index in [0.29, 0.717) is 54.0 Å². The van der Waals surface area contributed by atoms with Crippen LogP contribution in [0.5, 0.6) is 5.75 Å². The maximum atomic E-state index is 13.6. The zero-order chi connectivity index (χ0) is 21.6. The summed E-state index contributed by atoms with van der Waals surface area (Å²) in [5.74, 6) is 0.859. The van der Waals surface area contributed by atoms with Gasteiger partial charge in [0.25, 0.3) is 0 Å². The van der Waals surface area contributed by atoms with Crippen LogP contribution in [0.25, 0.3) is 5.57 Å². The van der Waals surface area contributed by atoms with Crippen LogP contribution in [0.3, 0.4) is 0 Å². The molecule has 5 heteroatoms. The Morgan fingerprint density at radius 1 is 1.23 bits per heavy atom. The molecule has 0 N–H and O–H groups in total. The molecule has 2 aliphatic rings. The molecule has 0 spiro atoms. The van der Waals surface area contributed by atoms with Crippen LogP contribution in [-0.2, 0) is -1.52 Å². The minimum absolute atomic E-state index is 0.123. The zero-order valence-electron chi connectivity index (χ0n) is 18.8. The van der Waals surface area contributed by atoms with E-state index in [2.05, 4.69) is 52.0 Å². The van der Waals surface area contributed by atoms with Gasteiger partial charge in [-0.15, -0.1) is 0 Å². The van der Waals surface area contributed by atoms with Crippen molar-refractivity contribution in [2.45, 2.75) is 25.2 Å². The summed E-state index contributed by atoms with van der Waals surface area (Å²) >= 11 is 0.728. The summed E-state index contributed by atoms with van der Waals surface area (Å²) in [7, 11) is 3.74. The third-order valence-electron chi connectivity index (χ3n) is 6.41. The number of benzene rings is 2. The van der Waals surface area contributed by atoms with Gasteiger partial charge in [-0.2, -0.15) is 0 Å². The summed E-state index contributed by atoms with van der Waals surface area (Å²) in [6.07, 6.45) is 6.23. The number of carbonyl (C=O) groups excluding carboxylic acids is 1. The normalized spacial score (nSPS) is 22.3. The first-order valence-corrected chi connectivity index (χ1v) is 17.2. The van der Waals surface area contributed by atoms with E-state index >= 15 is 0 Å². The summed E-state index contributed by atoms with van der Waals surface area (Å²) in [4.78, 5) is 13.6. The molecule has 30 heavy (non-hydrogen) atoms. The van der Waals surface area contributed by atoms with E-state index in [-0.39, 0.29) is 48.6 Å². The summed E-state index contributed by atoms with van der Waals surface area (Å²) in [6, 6.07) is 12.9. The van der Waals surface area contributed by atoms with Gasteiger partial charge in [0.15, 0.2) is 0 Å². The quantitative estimate of drug-likeness (QED) is 0.361. The summed E-state index contributed by atoms with van der Waals surface area (Å²) in [6.45, 7) is 4.53. The van der Waals surface area contributed by atoms with Crippen molar-refractivity contribution in [2.75, 3.05) is 7.11 Å². The Labute approximate surface area is 248 Å². The topological polar surface area (TPSA) is 26.3 Å². The molecule has 2 aromatic rings. The molecule has 2 aromatic carbocycles. The van der Waals surface area contributed by atoms with Crippen molar-refractivity contribution in [1.29, 1.82) is 0 Å². The van der Waals surface area contributed by atoms with Gasteiger partial charge >= 0.3 is 253 Å².